The van der Waals surface area contributed by atoms with Crippen molar-refractivity contribution in [3.63, 3.8) is 0 Å². The molecule has 2 amide bonds. The molecule has 0 radical (unpaired) electrons. The molecule has 4 aromatic rings. The van der Waals surface area contributed by atoms with Gasteiger partial charge in [0.15, 0.2) is 22.8 Å². The van der Waals surface area contributed by atoms with E-state index in [4.69, 9.17) is 14.5 Å². The van der Waals surface area contributed by atoms with E-state index in [1.807, 2.05) is 47.6 Å². The number of hydrogen-bond donors (Lipinski definition) is 2. The van der Waals surface area contributed by atoms with E-state index in [2.05, 4.69) is 20.8 Å². The zero-order valence-electron chi connectivity index (χ0n) is 19.8. The molecule has 1 aliphatic rings. The van der Waals surface area contributed by atoms with Crippen LogP contribution in [0.1, 0.15) is 31.2 Å². The highest BCUT2D eigenvalue weighted by molar-refractivity contribution is 5.90. The zero-order chi connectivity index (χ0) is 24.5. The maximum Gasteiger partial charge on any atom is 0.222 e. The summed E-state index contributed by atoms with van der Waals surface area (Å²) in [6.07, 6.45) is 3.23. The van der Waals surface area contributed by atoms with Crippen molar-refractivity contribution >= 4 is 40.2 Å². The third kappa shape index (κ3) is 4.57. The number of anilines is 3. The quantitative estimate of drug-likeness (QED) is 0.417. The SMILES string of the molecule is CC(=O)Nc1ccc(Nc2nc(-c3c(C)noc3C)nc3c2ncn3CCN2CCCC2=O)cc1. The van der Waals surface area contributed by atoms with Crippen LogP contribution < -0.4 is 10.6 Å². The van der Waals surface area contributed by atoms with Gasteiger partial charge in [0.1, 0.15) is 5.76 Å². The van der Waals surface area contributed by atoms with Gasteiger partial charge in [0.05, 0.1) is 17.6 Å². The van der Waals surface area contributed by atoms with Gasteiger partial charge >= 0.3 is 0 Å². The molecule has 35 heavy (non-hydrogen) atoms. The van der Waals surface area contributed by atoms with Crippen LogP contribution in [0.25, 0.3) is 22.6 Å². The number of likely N-dealkylation sites (tertiary alicyclic amines) is 1. The summed E-state index contributed by atoms with van der Waals surface area (Å²) in [6.45, 7) is 7.10. The number of carbonyl (C=O) groups excluding carboxylic acids is 2. The molecule has 0 spiro atoms. The highest BCUT2D eigenvalue weighted by Crippen LogP contribution is 2.30. The lowest BCUT2D eigenvalue weighted by Crippen LogP contribution is -2.28. The monoisotopic (exact) mass is 474 g/mol. The Morgan fingerprint density at radius 2 is 1.89 bits per heavy atom. The number of amides is 2. The Bertz CT molecular complexity index is 1390. The van der Waals surface area contributed by atoms with E-state index in [1.165, 1.54) is 6.92 Å². The normalized spacial score (nSPS) is 13.6. The van der Waals surface area contributed by atoms with Gasteiger partial charge in [0.2, 0.25) is 11.8 Å². The van der Waals surface area contributed by atoms with Crippen LogP contribution in [-0.4, -0.2) is 54.5 Å². The number of hydrogen-bond acceptors (Lipinski definition) is 8. The predicted octanol–water partition coefficient (Wildman–Crippen LogP) is 3.42. The van der Waals surface area contributed by atoms with Crippen molar-refractivity contribution in [3.05, 3.63) is 42.0 Å². The standard InChI is InChI=1S/C24H26N8O3/c1-14-20(15(2)35-30-14)22-28-23(27-18-8-6-17(7-9-18)26-16(3)33)21-24(29-22)32(13-25-21)12-11-31-10-4-5-19(31)34/h6-9,13H,4-5,10-12H2,1-3H3,(H,26,33)(H,27,28,29). The number of fused-ring (bicyclic) bond motifs is 1. The Hall–Kier alpha value is -4.28. The number of nitrogens with one attached hydrogen (secondary N) is 2. The Kier molecular flexibility index (Phi) is 5.89. The minimum Gasteiger partial charge on any atom is -0.361 e. The summed E-state index contributed by atoms with van der Waals surface area (Å²) in [5, 5.41) is 10.1. The summed E-state index contributed by atoms with van der Waals surface area (Å²) >= 11 is 0. The van der Waals surface area contributed by atoms with E-state index in [0.717, 1.165) is 24.2 Å². The summed E-state index contributed by atoms with van der Waals surface area (Å²) in [6, 6.07) is 7.32. The average Bonchev–Trinajstić information content (AvgIpc) is 3.52. The molecule has 3 aromatic heterocycles. The van der Waals surface area contributed by atoms with Gasteiger partial charge in [0.25, 0.3) is 0 Å². The van der Waals surface area contributed by atoms with Gasteiger partial charge in [0, 0.05) is 44.4 Å². The number of benzene rings is 1. The van der Waals surface area contributed by atoms with Crippen molar-refractivity contribution in [2.75, 3.05) is 23.7 Å². The van der Waals surface area contributed by atoms with Crippen molar-refractivity contribution in [3.8, 4) is 11.4 Å². The first kappa shape index (κ1) is 22.5. The van der Waals surface area contributed by atoms with Crippen LogP contribution >= 0.6 is 0 Å². The Labute approximate surface area is 201 Å². The predicted molar refractivity (Wildman–Crippen MR) is 130 cm³/mol. The molecule has 5 rings (SSSR count). The van der Waals surface area contributed by atoms with Crippen LogP contribution in [0.4, 0.5) is 17.2 Å². The van der Waals surface area contributed by atoms with Crippen LogP contribution in [0.15, 0.2) is 35.1 Å². The van der Waals surface area contributed by atoms with E-state index in [-0.39, 0.29) is 11.8 Å². The van der Waals surface area contributed by atoms with Gasteiger partial charge in [-0.1, -0.05) is 5.16 Å². The molecule has 11 nitrogen and oxygen atoms in total. The highest BCUT2D eigenvalue weighted by Gasteiger charge is 2.22. The van der Waals surface area contributed by atoms with Crippen molar-refractivity contribution in [1.29, 1.82) is 0 Å². The second kappa shape index (κ2) is 9.16. The van der Waals surface area contributed by atoms with E-state index in [0.29, 0.717) is 59.5 Å². The summed E-state index contributed by atoms with van der Waals surface area (Å²) in [5.74, 6) is 1.69. The lowest BCUT2D eigenvalue weighted by atomic mass is 10.2. The van der Waals surface area contributed by atoms with E-state index in [9.17, 15) is 9.59 Å². The second-order valence-corrected chi connectivity index (χ2v) is 8.57. The van der Waals surface area contributed by atoms with Gasteiger partial charge in [-0.25, -0.2) is 15.0 Å². The Morgan fingerprint density at radius 1 is 1.11 bits per heavy atom. The van der Waals surface area contributed by atoms with Crippen LogP contribution in [-0.2, 0) is 16.1 Å². The maximum absolute atomic E-state index is 12.0. The third-order valence-electron chi connectivity index (χ3n) is 5.97. The maximum atomic E-state index is 12.0. The smallest absolute Gasteiger partial charge is 0.222 e. The number of carbonyl (C=O) groups is 2. The summed E-state index contributed by atoms with van der Waals surface area (Å²) in [5.41, 5.74) is 4.17. The molecule has 1 fully saturated rings. The van der Waals surface area contributed by atoms with Crippen molar-refractivity contribution in [2.45, 2.75) is 40.2 Å². The second-order valence-electron chi connectivity index (χ2n) is 8.57. The van der Waals surface area contributed by atoms with Gasteiger partial charge in [-0.05, 0) is 44.5 Å². The van der Waals surface area contributed by atoms with Crippen molar-refractivity contribution in [2.24, 2.45) is 0 Å². The largest absolute Gasteiger partial charge is 0.361 e. The molecule has 0 aliphatic carbocycles. The molecule has 0 unspecified atom stereocenters. The first-order valence-electron chi connectivity index (χ1n) is 11.5. The fourth-order valence-electron chi connectivity index (χ4n) is 4.25. The van der Waals surface area contributed by atoms with E-state index in [1.54, 1.807) is 6.33 Å². The third-order valence-corrected chi connectivity index (χ3v) is 5.97. The molecule has 11 heteroatoms. The van der Waals surface area contributed by atoms with Crippen molar-refractivity contribution in [1.82, 2.24) is 29.6 Å². The highest BCUT2D eigenvalue weighted by atomic mass is 16.5. The molecule has 1 aromatic carbocycles. The summed E-state index contributed by atoms with van der Waals surface area (Å²) in [7, 11) is 0. The first-order chi connectivity index (χ1) is 16.9. The minimum atomic E-state index is -0.131. The fourth-order valence-corrected chi connectivity index (χ4v) is 4.25. The van der Waals surface area contributed by atoms with Crippen LogP contribution in [0.5, 0.6) is 0 Å². The topological polar surface area (TPSA) is 131 Å². The average molecular weight is 475 g/mol. The molecular formula is C24H26N8O3. The molecule has 0 atom stereocenters. The fraction of sp³-hybridized carbons (Fsp3) is 0.333. The summed E-state index contributed by atoms with van der Waals surface area (Å²) < 4.78 is 7.29. The lowest BCUT2D eigenvalue weighted by Gasteiger charge is -2.16. The molecule has 0 saturated carbocycles. The number of rotatable bonds is 7. The molecule has 1 saturated heterocycles. The van der Waals surface area contributed by atoms with Crippen molar-refractivity contribution < 1.29 is 14.1 Å². The summed E-state index contributed by atoms with van der Waals surface area (Å²) in [4.78, 5) is 39.4. The zero-order valence-corrected chi connectivity index (χ0v) is 19.8. The van der Waals surface area contributed by atoms with Crippen LogP contribution in [0, 0.1) is 13.8 Å². The molecule has 180 valence electrons. The lowest BCUT2D eigenvalue weighted by molar-refractivity contribution is -0.127. The van der Waals surface area contributed by atoms with Crippen LogP contribution in [0.3, 0.4) is 0 Å². The van der Waals surface area contributed by atoms with Gasteiger partial charge in [-0.15, -0.1) is 0 Å². The van der Waals surface area contributed by atoms with E-state index >= 15 is 0 Å². The van der Waals surface area contributed by atoms with Gasteiger partial charge in [-0.3, -0.25) is 9.59 Å². The minimum absolute atomic E-state index is 0.131. The number of aryl methyl sites for hydroxylation is 2. The van der Waals surface area contributed by atoms with E-state index < -0.39 is 0 Å². The molecule has 2 N–H and O–H groups in total. The number of nitrogens with zero attached hydrogens (tertiary/aromatic N) is 6. The molecule has 0 bridgehead atoms. The van der Waals surface area contributed by atoms with Gasteiger partial charge < -0.3 is 24.6 Å². The molecular weight excluding hydrogens is 448 g/mol. The molecule has 4 heterocycles. The number of aromatic nitrogens is 5. The number of imidazole rings is 1. The Morgan fingerprint density at radius 3 is 2.54 bits per heavy atom. The van der Waals surface area contributed by atoms with Gasteiger partial charge in [-0.2, -0.15) is 0 Å². The first-order valence-corrected chi connectivity index (χ1v) is 11.5. The van der Waals surface area contributed by atoms with Crippen LogP contribution in [0.2, 0.25) is 0 Å². The molecule has 1 aliphatic heterocycles. The Balaban J connectivity index is 1.52.